The molecule has 3 heterocycles. The van der Waals surface area contributed by atoms with Crippen molar-refractivity contribution in [3.63, 3.8) is 0 Å². The van der Waals surface area contributed by atoms with Crippen LogP contribution < -0.4 is 5.56 Å². The first kappa shape index (κ1) is 13.5. The van der Waals surface area contributed by atoms with E-state index in [2.05, 4.69) is 20.2 Å². The Morgan fingerprint density at radius 3 is 2.81 bits per heavy atom. The van der Waals surface area contributed by atoms with Crippen molar-refractivity contribution in [3.05, 3.63) is 35.0 Å². The van der Waals surface area contributed by atoms with E-state index in [0.717, 1.165) is 12.1 Å². The van der Waals surface area contributed by atoms with Crippen molar-refractivity contribution in [1.82, 2.24) is 34.1 Å². The van der Waals surface area contributed by atoms with Crippen LogP contribution in [0.4, 0.5) is 0 Å². The summed E-state index contributed by atoms with van der Waals surface area (Å²) >= 11 is 0. The van der Waals surface area contributed by atoms with Crippen molar-refractivity contribution >= 4 is 11.0 Å². The zero-order valence-electron chi connectivity index (χ0n) is 12.3. The average Bonchev–Trinajstić information content (AvgIpc) is 3.07. The van der Waals surface area contributed by atoms with Gasteiger partial charge in [-0.3, -0.25) is 18.7 Å². The first-order valence-corrected chi connectivity index (χ1v) is 6.87. The molecule has 21 heavy (non-hydrogen) atoms. The lowest BCUT2D eigenvalue weighted by Gasteiger charge is -2.14. The SMILES string of the molecule is CCc1nn(C)c2c(=O)n([C@@H](C)Cn3cncn3)cnc12. The van der Waals surface area contributed by atoms with E-state index < -0.39 is 0 Å². The van der Waals surface area contributed by atoms with Crippen LogP contribution in [0.1, 0.15) is 25.6 Å². The lowest BCUT2D eigenvalue weighted by Crippen LogP contribution is -2.27. The van der Waals surface area contributed by atoms with E-state index in [1.807, 2.05) is 13.8 Å². The highest BCUT2D eigenvalue weighted by atomic mass is 16.1. The fourth-order valence-electron chi connectivity index (χ4n) is 2.48. The fraction of sp³-hybridized carbons (Fsp3) is 0.462. The summed E-state index contributed by atoms with van der Waals surface area (Å²) in [6, 6.07) is -0.0731. The van der Waals surface area contributed by atoms with Crippen LogP contribution >= 0.6 is 0 Å². The molecule has 0 fully saturated rings. The number of rotatable bonds is 4. The molecular weight excluding hydrogens is 270 g/mol. The molecule has 0 aromatic carbocycles. The summed E-state index contributed by atoms with van der Waals surface area (Å²) in [6.07, 6.45) is 5.45. The van der Waals surface area contributed by atoms with Gasteiger partial charge in [0.05, 0.1) is 24.6 Å². The average molecular weight is 287 g/mol. The molecule has 3 aromatic rings. The van der Waals surface area contributed by atoms with Gasteiger partial charge < -0.3 is 0 Å². The molecule has 0 radical (unpaired) electrons. The molecule has 0 aliphatic heterocycles. The standard InChI is InChI=1S/C13H17N7O/c1-4-10-11-12(18(3)17-10)13(21)20(8-15-11)9(2)5-19-7-14-6-16-19/h6-9H,4-5H2,1-3H3/t9-/m0/s1. The molecule has 1 atom stereocenters. The molecule has 8 nitrogen and oxygen atoms in total. The molecule has 3 rings (SSSR count). The lowest BCUT2D eigenvalue weighted by atomic mass is 10.2. The molecular formula is C13H17N7O. The highest BCUT2D eigenvalue weighted by Crippen LogP contribution is 2.13. The van der Waals surface area contributed by atoms with Gasteiger partial charge in [0.2, 0.25) is 0 Å². The Bertz CT molecular complexity index is 815. The van der Waals surface area contributed by atoms with Crippen LogP contribution in [-0.2, 0) is 20.0 Å². The van der Waals surface area contributed by atoms with Crippen LogP contribution in [0.15, 0.2) is 23.8 Å². The number of aryl methyl sites for hydroxylation is 2. The second kappa shape index (κ2) is 5.12. The number of hydrogen-bond donors (Lipinski definition) is 0. The smallest absolute Gasteiger partial charge is 0.279 e. The van der Waals surface area contributed by atoms with Gasteiger partial charge in [0.25, 0.3) is 5.56 Å². The Hall–Kier alpha value is -2.51. The molecule has 0 amide bonds. The molecule has 8 heteroatoms. The Labute approximate surface area is 121 Å². The number of nitrogens with zero attached hydrogens (tertiary/aromatic N) is 7. The van der Waals surface area contributed by atoms with E-state index in [9.17, 15) is 4.79 Å². The fourth-order valence-corrected chi connectivity index (χ4v) is 2.48. The summed E-state index contributed by atoms with van der Waals surface area (Å²) in [5, 5.41) is 8.42. The minimum Gasteiger partial charge on any atom is -0.293 e. The second-order valence-corrected chi connectivity index (χ2v) is 5.04. The van der Waals surface area contributed by atoms with Gasteiger partial charge in [0, 0.05) is 7.05 Å². The molecule has 0 spiro atoms. The van der Waals surface area contributed by atoms with Gasteiger partial charge in [-0.05, 0) is 13.3 Å². The van der Waals surface area contributed by atoms with Crippen molar-refractivity contribution in [2.24, 2.45) is 7.05 Å². The summed E-state index contributed by atoms with van der Waals surface area (Å²) < 4.78 is 4.93. The van der Waals surface area contributed by atoms with Crippen LogP contribution in [0.5, 0.6) is 0 Å². The molecule has 110 valence electrons. The highest BCUT2D eigenvalue weighted by Gasteiger charge is 2.16. The predicted molar refractivity (Wildman–Crippen MR) is 76.9 cm³/mol. The van der Waals surface area contributed by atoms with Crippen molar-refractivity contribution in [3.8, 4) is 0 Å². The van der Waals surface area contributed by atoms with Crippen molar-refractivity contribution in [2.45, 2.75) is 32.9 Å². The Kier molecular flexibility index (Phi) is 3.28. The molecule has 0 aliphatic carbocycles. The zero-order valence-corrected chi connectivity index (χ0v) is 12.3. The van der Waals surface area contributed by atoms with E-state index in [1.54, 1.807) is 33.6 Å². The monoisotopic (exact) mass is 287 g/mol. The van der Waals surface area contributed by atoms with Crippen LogP contribution in [0.25, 0.3) is 11.0 Å². The molecule has 0 aliphatic rings. The van der Waals surface area contributed by atoms with Gasteiger partial charge in [-0.1, -0.05) is 6.92 Å². The summed E-state index contributed by atoms with van der Waals surface area (Å²) in [4.78, 5) is 21.0. The van der Waals surface area contributed by atoms with Crippen LogP contribution in [0.2, 0.25) is 0 Å². The van der Waals surface area contributed by atoms with E-state index in [4.69, 9.17) is 0 Å². The molecule has 3 aromatic heterocycles. The molecule has 0 saturated heterocycles. The van der Waals surface area contributed by atoms with Gasteiger partial charge in [-0.25, -0.2) is 9.97 Å². The minimum atomic E-state index is -0.0812. The summed E-state index contributed by atoms with van der Waals surface area (Å²) in [7, 11) is 1.77. The molecule has 0 N–H and O–H groups in total. The maximum Gasteiger partial charge on any atom is 0.279 e. The van der Waals surface area contributed by atoms with Crippen molar-refractivity contribution in [2.75, 3.05) is 0 Å². The third-order valence-electron chi connectivity index (χ3n) is 3.57. The Morgan fingerprint density at radius 2 is 2.14 bits per heavy atom. The summed E-state index contributed by atoms with van der Waals surface area (Å²) in [6.45, 7) is 4.52. The predicted octanol–water partition coefficient (Wildman–Crippen LogP) is 0.545. The van der Waals surface area contributed by atoms with E-state index in [0.29, 0.717) is 17.6 Å². The quantitative estimate of drug-likeness (QED) is 0.699. The van der Waals surface area contributed by atoms with Gasteiger partial charge in [0.15, 0.2) is 5.52 Å². The molecule has 0 bridgehead atoms. The highest BCUT2D eigenvalue weighted by molar-refractivity contribution is 5.76. The number of fused-ring (bicyclic) bond motifs is 1. The van der Waals surface area contributed by atoms with Gasteiger partial charge in [-0.15, -0.1) is 0 Å². The molecule has 0 saturated carbocycles. The van der Waals surface area contributed by atoms with Crippen molar-refractivity contribution in [1.29, 1.82) is 0 Å². The van der Waals surface area contributed by atoms with Gasteiger partial charge in [-0.2, -0.15) is 10.2 Å². The third-order valence-corrected chi connectivity index (χ3v) is 3.57. The topological polar surface area (TPSA) is 83.4 Å². The second-order valence-electron chi connectivity index (χ2n) is 5.04. The third kappa shape index (κ3) is 2.22. The van der Waals surface area contributed by atoms with Crippen LogP contribution in [-0.4, -0.2) is 34.1 Å². The lowest BCUT2D eigenvalue weighted by molar-refractivity contribution is 0.424. The normalized spacial score (nSPS) is 12.9. The first-order valence-electron chi connectivity index (χ1n) is 6.87. The minimum absolute atomic E-state index is 0.0731. The number of aromatic nitrogens is 7. The van der Waals surface area contributed by atoms with E-state index in [-0.39, 0.29) is 11.6 Å². The first-order chi connectivity index (χ1) is 10.1. The zero-order chi connectivity index (χ0) is 15.0. The number of hydrogen-bond acceptors (Lipinski definition) is 5. The largest absolute Gasteiger partial charge is 0.293 e. The van der Waals surface area contributed by atoms with Crippen LogP contribution in [0, 0.1) is 0 Å². The summed E-state index contributed by atoms with van der Waals surface area (Å²) in [5.74, 6) is 0. The van der Waals surface area contributed by atoms with Crippen LogP contribution in [0.3, 0.4) is 0 Å². The van der Waals surface area contributed by atoms with E-state index >= 15 is 0 Å². The Morgan fingerprint density at radius 1 is 1.33 bits per heavy atom. The maximum atomic E-state index is 12.7. The van der Waals surface area contributed by atoms with Gasteiger partial charge in [0.1, 0.15) is 18.2 Å². The van der Waals surface area contributed by atoms with Gasteiger partial charge >= 0.3 is 0 Å². The maximum absolute atomic E-state index is 12.7. The molecule has 0 unspecified atom stereocenters. The Balaban J connectivity index is 2.06. The van der Waals surface area contributed by atoms with E-state index in [1.165, 1.54) is 6.33 Å². The summed E-state index contributed by atoms with van der Waals surface area (Å²) in [5.41, 5.74) is 2.00. The van der Waals surface area contributed by atoms with Crippen molar-refractivity contribution < 1.29 is 0 Å².